The van der Waals surface area contributed by atoms with Crippen molar-refractivity contribution in [3.8, 4) is 5.75 Å². The fourth-order valence-corrected chi connectivity index (χ4v) is 2.93. The minimum absolute atomic E-state index is 0.309. The Morgan fingerprint density at radius 1 is 1.19 bits per heavy atom. The molecule has 26 heavy (non-hydrogen) atoms. The first-order valence-corrected chi connectivity index (χ1v) is 8.30. The number of hydrogen-bond donors (Lipinski definition) is 2. The third-order valence-electron chi connectivity index (χ3n) is 4.13. The standard InChI is InChI=1S/C19H20N4O3/c1-3-5-17-15-9-8-13(11-16(15)18(24)22-21-17)23(19(20)25)12-6-4-7-14(10-12)26-2/h4,6-11H,3,5H2,1-2H3,(H2,20,25)(H,22,24). The van der Waals surface area contributed by atoms with Crippen LogP contribution in [0.3, 0.4) is 0 Å². The third kappa shape index (κ3) is 3.23. The largest absolute Gasteiger partial charge is 0.497 e. The summed E-state index contributed by atoms with van der Waals surface area (Å²) in [6.45, 7) is 2.05. The molecule has 0 radical (unpaired) electrons. The number of nitrogens with two attached hydrogens (primary N) is 1. The van der Waals surface area contributed by atoms with E-state index in [2.05, 4.69) is 10.2 Å². The molecule has 0 bridgehead atoms. The van der Waals surface area contributed by atoms with Gasteiger partial charge in [0.15, 0.2) is 0 Å². The quantitative estimate of drug-likeness (QED) is 0.736. The number of H-pyrrole nitrogens is 1. The fourth-order valence-electron chi connectivity index (χ4n) is 2.93. The summed E-state index contributed by atoms with van der Waals surface area (Å²) >= 11 is 0. The van der Waals surface area contributed by atoms with Crippen molar-refractivity contribution in [3.05, 3.63) is 58.5 Å². The van der Waals surface area contributed by atoms with Crippen LogP contribution in [0.5, 0.6) is 5.75 Å². The number of benzene rings is 2. The Kier molecular flexibility index (Phi) is 4.88. The summed E-state index contributed by atoms with van der Waals surface area (Å²) in [5, 5.41) is 7.89. The topological polar surface area (TPSA) is 101 Å². The maximum atomic E-state index is 12.2. The number of primary amides is 1. The first-order valence-electron chi connectivity index (χ1n) is 8.30. The maximum absolute atomic E-state index is 12.2. The number of methoxy groups -OCH3 is 1. The molecule has 0 aliphatic heterocycles. The zero-order chi connectivity index (χ0) is 18.7. The summed E-state index contributed by atoms with van der Waals surface area (Å²) < 4.78 is 5.21. The van der Waals surface area contributed by atoms with Crippen molar-refractivity contribution in [3.63, 3.8) is 0 Å². The van der Waals surface area contributed by atoms with E-state index in [0.717, 1.165) is 23.9 Å². The van der Waals surface area contributed by atoms with Crippen LogP contribution in [0.15, 0.2) is 47.3 Å². The molecule has 3 N–H and O–H groups in total. The van der Waals surface area contributed by atoms with Crippen molar-refractivity contribution in [2.24, 2.45) is 5.73 Å². The highest BCUT2D eigenvalue weighted by atomic mass is 16.5. The molecule has 3 rings (SSSR count). The van der Waals surface area contributed by atoms with Gasteiger partial charge in [-0.05, 0) is 30.7 Å². The van der Waals surface area contributed by atoms with Crippen molar-refractivity contribution >= 4 is 28.2 Å². The van der Waals surface area contributed by atoms with Gasteiger partial charge < -0.3 is 10.5 Å². The molecule has 7 nitrogen and oxygen atoms in total. The van der Waals surface area contributed by atoms with Gasteiger partial charge in [0.1, 0.15) is 5.75 Å². The normalized spacial score (nSPS) is 10.7. The van der Waals surface area contributed by atoms with Crippen LogP contribution < -0.4 is 20.9 Å². The number of aromatic nitrogens is 2. The second-order valence-corrected chi connectivity index (χ2v) is 5.85. The zero-order valence-electron chi connectivity index (χ0n) is 14.7. The number of carbonyl (C=O) groups is 1. The van der Waals surface area contributed by atoms with Gasteiger partial charge in [0.2, 0.25) is 0 Å². The van der Waals surface area contributed by atoms with Crippen LogP contribution in [0.1, 0.15) is 19.0 Å². The number of urea groups is 1. The average molecular weight is 352 g/mol. The number of ether oxygens (including phenoxy) is 1. The van der Waals surface area contributed by atoms with Crippen molar-refractivity contribution in [2.75, 3.05) is 12.0 Å². The molecule has 0 aliphatic rings. The summed E-state index contributed by atoms with van der Waals surface area (Å²) in [6.07, 6.45) is 1.66. The molecular formula is C19H20N4O3. The molecule has 7 heteroatoms. The van der Waals surface area contributed by atoms with E-state index in [0.29, 0.717) is 22.5 Å². The molecule has 2 amide bonds. The van der Waals surface area contributed by atoms with Crippen molar-refractivity contribution in [1.29, 1.82) is 0 Å². The number of hydrogen-bond acceptors (Lipinski definition) is 4. The Morgan fingerprint density at radius 3 is 2.65 bits per heavy atom. The summed E-state index contributed by atoms with van der Waals surface area (Å²) in [6, 6.07) is 11.5. The van der Waals surface area contributed by atoms with Crippen LogP contribution in [0.4, 0.5) is 16.2 Å². The van der Waals surface area contributed by atoms with Crippen LogP contribution in [-0.2, 0) is 6.42 Å². The van der Waals surface area contributed by atoms with Crippen LogP contribution in [0, 0.1) is 0 Å². The summed E-state index contributed by atoms with van der Waals surface area (Å²) in [7, 11) is 1.55. The highest BCUT2D eigenvalue weighted by molar-refractivity contribution is 6.00. The van der Waals surface area contributed by atoms with Crippen LogP contribution in [0.2, 0.25) is 0 Å². The van der Waals surface area contributed by atoms with Crippen LogP contribution in [0.25, 0.3) is 10.8 Å². The second kappa shape index (κ2) is 7.26. The monoisotopic (exact) mass is 352 g/mol. The van der Waals surface area contributed by atoms with E-state index < -0.39 is 6.03 Å². The number of nitrogens with zero attached hydrogens (tertiary/aromatic N) is 2. The number of rotatable bonds is 5. The first kappa shape index (κ1) is 17.5. The van der Waals surface area contributed by atoms with Gasteiger partial charge in [-0.3, -0.25) is 9.69 Å². The van der Waals surface area contributed by atoms with Gasteiger partial charge in [-0.2, -0.15) is 5.10 Å². The molecule has 0 aliphatic carbocycles. The van der Waals surface area contributed by atoms with E-state index in [1.54, 1.807) is 49.6 Å². The smallest absolute Gasteiger partial charge is 0.323 e. The van der Waals surface area contributed by atoms with E-state index >= 15 is 0 Å². The lowest BCUT2D eigenvalue weighted by Gasteiger charge is -2.21. The molecule has 3 aromatic rings. The predicted molar refractivity (Wildman–Crippen MR) is 101 cm³/mol. The van der Waals surface area contributed by atoms with Crippen molar-refractivity contribution in [1.82, 2.24) is 10.2 Å². The van der Waals surface area contributed by atoms with E-state index in [4.69, 9.17) is 10.5 Å². The van der Waals surface area contributed by atoms with Crippen molar-refractivity contribution < 1.29 is 9.53 Å². The lowest BCUT2D eigenvalue weighted by Crippen LogP contribution is -2.31. The molecule has 0 fully saturated rings. The Balaban J connectivity index is 2.16. The fraction of sp³-hybridized carbons (Fsp3) is 0.211. The molecule has 2 aromatic carbocycles. The molecular weight excluding hydrogens is 332 g/mol. The molecule has 1 aromatic heterocycles. The van der Waals surface area contributed by atoms with Gasteiger partial charge in [-0.15, -0.1) is 0 Å². The van der Waals surface area contributed by atoms with Crippen molar-refractivity contribution in [2.45, 2.75) is 19.8 Å². The van der Waals surface area contributed by atoms with Crippen LogP contribution in [-0.4, -0.2) is 23.3 Å². The molecule has 0 saturated carbocycles. The highest BCUT2D eigenvalue weighted by Crippen LogP contribution is 2.30. The SMILES string of the molecule is CCCc1n[nH]c(=O)c2cc(N(C(N)=O)c3cccc(OC)c3)ccc12. The number of fused-ring (bicyclic) bond motifs is 1. The molecule has 0 unspecified atom stereocenters. The van der Waals surface area contributed by atoms with E-state index in [9.17, 15) is 9.59 Å². The molecule has 1 heterocycles. The molecule has 134 valence electrons. The van der Waals surface area contributed by atoms with E-state index in [-0.39, 0.29) is 5.56 Å². The first-order chi connectivity index (χ1) is 12.5. The van der Waals surface area contributed by atoms with Gasteiger partial charge in [-0.1, -0.05) is 25.5 Å². The minimum Gasteiger partial charge on any atom is -0.497 e. The van der Waals surface area contributed by atoms with Crippen LogP contribution >= 0.6 is 0 Å². The van der Waals surface area contributed by atoms with Gasteiger partial charge in [0, 0.05) is 11.5 Å². The zero-order valence-corrected chi connectivity index (χ0v) is 14.7. The van der Waals surface area contributed by atoms with E-state index in [1.165, 1.54) is 4.90 Å². The Morgan fingerprint density at radius 2 is 1.96 bits per heavy atom. The number of aromatic amines is 1. The highest BCUT2D eigenvalue weighted by Gasteiger charge is 2.17. The Labute approximate surface area is 150 Å². The van der Waals surface area contributed by atoms with E-state index in [1.807, 2.05) is 6.92 Å². The lowest BCUT2D eigenvalue weighted by atomic mass is 10.1. The predicted octanol–water partition coefficient (Wildman–Crippen LogP) is 3.10. The molecule has 0 saturated heterocycles. The number of aryl methyl sites for hydroxylation is 1. The van der Waals surface area contributed by atoms with Gasteiger partial charge >= 0.3 is 6.03 Å². The average Bonchev–Trinajstić information content (AvgIpc) is 2.64. The Bertz CT molecular complexity index is 1010. The lowest BCUT2D eigenvalue weighted by molar-refractivity contribution is 0.256. The minimum atomic E-state index is -0.656. The summed E-state index contributed by atoms with van der Waals surface area (Å²) in [5.74, 6) is 0.599. The Hall–Kier alpha value is -3.35. The number of amides is 2. The third-order valence-corrected chi connectivity index (χ3v) is 4.13. The van der Waals surface area contributed by atoms with Gasteiger partial charge in [0.25, 0.3) is 5.56 Å². The summed E-state index contributed by atoms with van der Waals surface area (Å²) in [5.41, 5.74) is 7.16. The van der Waals surface area contributed by atoms with Gasteiger partial charge in [0.05, 0.1) is 29.6 Å². The maximum Gasteiger partial charge on any atom is 0.323 e. The molecule has 0 atom stereocenters. The summed E-state index contributed by atoms with van der Waals surface area (Å²) in [4.78, 5) is 25.7. The number of nitrogens with one attached hydrogen (secondary N) is 1. The second-order valence-electron chi connectivity index (χ2n) is 5.85. The van der Waals surface area contributed by atoms with Gasteiger partial charge in [-0.25, -0.2) is 9.89 Å². The number of anilines is 2. The number of carbonyl (C=O) groups excluding carboxylic acids is 1. The molecule has 0 spiro atoms.